The highest BCUT2D eigenvalue weighted by Crippen LogP contribution is 2.36. The van der Waals surface area contributed by atoms with E-state index in [4.69, 9.17) is 9.47 Å². The number of halogens is 1. The Morgan fingerprint density at radius 2 is 1.69 bits per heavy atom. The number of amides is 2. The first-order chi connectivity index (χ1) is 13.9. The van der Waals surface area contributed by atoms with Crippen LogP contribution in [-0.4, -0.2) is 45.2 Å². The largest absolute Gasteiger partial charge is 0.493 e. The van der Waals surface area contributed by atoms with E-state index in [9.17, 15) is 14.4 Å². The van der Waals surface area contributed by atoms with Crippen molar-refractivity contribution in [3.63, 3.8) is 0 Å². The van der Waals surface area contributed by atoms with Gasteiger partial charge in [0.1, 0.15) is 6.54 Å². The van der Waals surface area contributed by atoms with E-state index in [0.717, 1.165) is 0 Å². The van der Waals surface area contributed by atoms with Gasteiger partial charge in [0, 0.05) is 16.8 Å². The van der Waals surface area contributed by atoms with Crippen LogP contribution in [0.4, 0.5) is 5.69 Å². The van der Waals surface area contributed by atoms with E-state index < -0.39 is 11.9 Å². The Labute approximate surface area is 176 Å². The molecule has 0 bridgehead atoms. The molecule has 0 aliphatic rings. The third kappa shape index (κ3) is 5.95. The highest BCUT2D eigenvalue weighted by Gasteiger charge is 2.16. The number of anilines is 1. The van der Waals surface area contributed by atoms with Crippen LogP contribution >= 0.6 is 15.9 Å². The maximum Gasteiger partial charge on any atom is 0.325 e. The van der Waals surface area contributed by atoms with Gasteiger partial charge in [-0.05, 0) is 59.3 Å². The summed E-state index contributed by atoms with van der Waals surface area (Å²) in [6.07, 6.45) is 0. The molecule has 9 heteroatoms. The van der Waals surface area contributed by atoms with Crippen LogP contribution < -0.4 is 20.1 Å². The monoisotopic (exact) mass is 464 g/mol. The van der Waals surface area contributed by atoms with Gasteiger partial charge in [-0.25, -0.2) is 0 Å². The molecule has 2 amide bonds. The fourth-order valence-electron chi connectivity index (χ4n) is 2.37. The molecule has 0 unspecified atom stereocenters. The predicted molar refractivity (Wildman–Crippen MR) is 111 cm³/mol. The van der Waals surface area contributed by atoms with Crippen molar-refractivity contribution in [1.82, 2.24) is 5.32 Å². The maximum absolute atomic E-state index is 12.6. The topological polar surface area (TPSA) is 103 Å². The van der Waals surface area contributed by atoms with E-state index in [2.05, 4.69) is 31.3 Å². The number of esters is 1. The standard InChI is InChI=1S/C20H21BrN2O6/c1-4-29-18-15(21)9-13(10-16(18)27-2)20(26)23-14-7-5-12(6-8-14)19(25)22-11-17(24)28-3/h5-10H,4,11H2,1-3H3,(H,22,25)(H,23,26). The average molecular weight is 465 g/mol. The predicted octanol–water partition coefficient (Wildman–Crippen LogP) is 3.01. The van der Waals surface area contributed by atoms with Crippen LogP contribution in [0, 0.1) is 0 Å². The Morgan fingerprint density at radius 1 is 1.00 bits per heavy atom. The number of benzene rings is 2. The molecule has 29 heavy (non-hydrogen) atoms. The highest BCUT2D eigenvalue weighted by molar-refractivity contribution is 9.10. The van der Waals surface area contributed by atoms with Crippen LogP contribution in [0.15, 0.2) is 40.9 Å². The summed E-state index contributed by atoms with van der Waals surface area (Å²) in [4.78, 5) is 35.6. The quantitative estimate of drug-likeness (QED) is 0.582. The lowest BCUT2D eigenvalue weighted by Crippen LogP contribution is -2.30. The number of rotatable bonds is 8. The van der Waals surface area contributed by atoms with E-state index in [1.807, 2.05) is 6.92 Å². The Hall–Kier alpha value is -3.07. The molecule has 0 aromatic heterocycles. The zero-order valence-corrected chi connectivity index (χ0v) is 17.8. The lowest BCUT2D eigenvalue weighted by molar-refractivity contribution is -0.139. The first-order valence-corrected chi connectivity index (χ1v) is 9.45. The Balaban J connectivity index is 2.08. The molecule has 0 fully saturated rings. The molecule has 0 saturated carbocycles. The molecule has 2 rings (SSSR count). The summed E-state index contributed by atoms with van der Waals surface area (Å²) in [6.45, 7) is 2.09. The van der Waals surface area contributed by atoms with Crippen LogP contribution in [0.3, 0.4) is 0 Å². The minimum Gasteiger partial charge on any atom is -0.493 e. The van der Waals surface area contributed by atoms with Gasteiger partial charge in [0.15, 0.2) is 11.5 Å². The van der Waals surface area contributed by atoms with Crippen LogP contribution in [0.25, 0.3) is 0 Å². The number of hydrogen-bond acceptors (Lipinski definition) is 6. The van der Waals surface area contributed by atoms with Gasteiger partial charge in [-0.2, -0.15) is 0 Å². The van der Waals surface area contributed by atoms with Gasteiger partial charge in [-0.3, -0.25) is 14.4 Å². The van der Waals surface area contributed by atoms with Gasteiger partial charge in [-0.15, -0.1) is 0 Å². The lowest BCUT2D eigenvalue weighted by Gasteiger charge is -2.13. The van der Waals surface area contributed by atoms with Crippen LogP contribution in [-0.2, 0) is 9.53 Å². The molecule has 0 saturated heterocycles. The van der Waals surface area contributed by atoms with Crippen LogP contribution in [0.1, 0.15) is 27.6 Å². The zero-order chi connectivity index (χ0) is 21.4. The van der Waals surface area contributed by atoms with Gasteiger partial charge in [0.2, 0.25) is 0 Å². The Bertz CT molecular complexity index is 899. The molecule has 0 aliphatic carbocycles. The van der Waals surface area contributed by atoms with Crippen molar-refractivity contribution in [2.45, 2.75) is 6.92 Å². The summed E-state index contributed by atoms with van der Waals surface area (Å²) >= 11 is 3.39. The molecule has 0 aliphatic heterocycles. The Morgan fingerprint density at radius 3 is 2.28 bits per heavy atom. The fraction of sp³-hybridized carbons (Fsp3) is 0.250. The number of ether oxygens (including phenoxy) is 3. The third-order valence-corrected chi connectivity index (χ3v) is 4.40. The van der Waals surface area contributed by atoms with Crippen molar-refractivity contribution in [1.29, 1.82) is 0 Å². The molecular formula is C20H21BrN2O6. The first kappa shape index (κ1) is 22.2. The molecule has 2 N–H and O–H groups in total. The summed E-state index contributed by atoms with van der Waals surface area (Å²) in [5.74, 6) is -0.361. The first-order valence-electron chi connectivity index (χ1n) is 8.66. The number of hydrogen-bond donors (Lipinski definition) is 2. The minimum atomic E-state index is -0.542. The molecule has 2 aromatic rings. The molecule has 154 valence electrons. The third-order valence-electron chi connectivity index (χ3n) is 3.81. The van der Waals surface area contributed by atoms with Gasteiger partial charge < -0.3 is 24.8 Å². The molecule has 0 atom stereocenters. The van der Waals surface area contributed by atoms with Crippen LogP contribution in [0.5, 0.6) is 11.5 Å². The molecule has 8 nitrogen and oxygen atoms in total. The van der Waals surface area contributed by atoms with E-state index >= 15 is 0 Å². The normalized spacial score (nSPS) is 10.1. The van der Waals surface area contributed by atoms with E-state index in [0.29, 0.717) is 39.4 Å². The second-order valence-corrected chi connectivity index (χ2v) is 6.57. The second kappa shape index (κ2) is 10.5. The zero-order valence-electron chi connectivity index (χ0n) is 16.2. The van der Waals surface area contributed by atoms with Gasteiger partial charge >= 0.3 is 5.97 Å². The maximum atomic E-state index is 12.6. The number of nitrogens with one attached hydrogen (secondary N) is 2. The van der Waals surface area contributed by atoms with Crippen molar-refractivity contribution in [2.24, 2.45) is 0 Å². The summed E-state index contributed by atoms with van der Waals surface area (Å²) in [5.41, 5.74) is 1.22. The Kier molecular flexibility index (Phi) is 8.02. The second-order valence-electron chi connectivity index (χ2n) is 5.71. The molecule has 2 aromatic carbocycles. The van der Waals surface area contributed by atoms with Gasteiger partial charge in [0.25, 0.3) is 11.8 Å². The van der Waals surface area contributed by atoms with Crippen molar-refractivity contribution in [2.75, 3.05) is 32.7 Å². The van der Waals surface area contributed by atoms with Crippen LogP contribution in [0.2, 0.25) is 0 Å². The molecule has 0 heterocycles. The van der Waals surface area contributed by atoms with E-state index in [-0.39, 0.29) is 12.5 Å². The van der Waals surface area contributed by atoms with Crippen molar-refractivity contribution >= 4 is 39.4 Å². The molecular weight excluding hydrogens is 444 g/mol. The highest BCUT2D eigenvalue weighted by atomic mass is 79.9. The van der Waals surface area contributed by atoms with Crippen molar-refractivity contribution in [3.05, 3.63) is 52.0 Å². The molecule has 0 radical (unpaired) electrons. The SMILES string of the molecule is CCOc1c(Br)cc(C(=O)Nc2ccc(C(=O)NCC(=O)OC)cc2)cc1OC. The summed E-state index contributed by atoms with van der Waals surface area (Å²) in [6, 6.07) is 9.47. The fourth-order valence-corrected chi connectivity index (χ4v) is 2.93. The van der Waals surface area contributed by atoms with E-state index in [1.165, 1.54) is 26.4 Å². The van der Waals surface area contributed by atoms with Gasteiger partial charge in [-0.1, -0.05) is 0 Å². The lowest BCUT2D eigenvalue weighted by atomic mass is 10.1. The van der Waals surface area contributed by atoms with E-state index in [1.54, 1.807) is 24.3 Å². The molecule has 0 spiro atoms. The van der Waals surface area contributed by atoms with Crippen molar-refractivity contribution in [3.8, 4) is 11.5 Å². The minimum absolute atomic E-state index is 0.220. The smallest absolute Gasteiger partial charge is 0.325 e. The average Bonchev–Trinajstić information content (AvgIpc) is 2.73. The van der Waals surface area contributed by atoms with Crippen molar-refractivity contribution < 1.29 is 28.6 Å². The number of methoxy groups -OCH3 is 2. The summed E-state index contributed by atoms with van der Waals surface area (Å²) in [5, 5.41) is 5.19. The number of carbonyl (C=O) groups is 3. The summed E-state index contributed by atoms with van der Waals surface area (Å²) < 4.78 is 15.9. The number of carbonyl (C=O) groups excluding carboxylic acids is 3. The summed E-state index contributed by atoms with van der Waals surface area (Å²) in [7, 11) is 2.74. The van der Waals surface area contributed by atoms with Gasteiger partial charge in [0.05, 0.1) is 25.3 Å².